The van der Waals surface area contributed by atoms with Gasteiger partial charge in [0.1, 0.15) is 0 Å². The van der Waals surface area contributed by atoms with Crippen molar-refractivity contribution >= 4 is 23.4 Å². The van der Waals surface area contributed by atoms with E-state index < -0.39 is 0 Å². The molecule has 4 atom stereocenters. The van der Waals surface area contributed by atoms with Crippen molar-refractivity contribution in [3.05, 3.63) is 69.7 Å². The smallest absolute Gasteiger partial charge is 0.251 e. The number of benzene rings is 2. The van der Waals surface area contributed by atoms with Gasteiger partial charge in [-0.15, -0.1) is 0 Å². The number of hydrogen-bond donors (Lipinski definition) is 2. The number of carbonyl (C=O) groups excluding carboxylic acids is 2. The minimum Gasteiger partial charge on any atom is -0.349 e. The van der Waals surface area contributed by atoms with Crippen LogP contribution in [0.2, 0.25) is 5.02 Å². The average molecular weight is 381 g/mol. The lowest BCUT2D eigenvalue weighted by atomic mass is 9.96. The van der Waals surface area contributed by atoms with Gasteiger partial charge in [-0.3, -0.25) is 9.59 Å². The number of hydrogen-bond acceptors (Lipinski definition) is 2. The molecule has 138 valence electrons. The minimum atomic E-state index is -0.0239. The summed E-state index contributed by atoms with van der Waals surface area (Å²) in [6, 6.07) is 14.0. The van der Waals surface area contributed by atoms with Crippen LogP contribution in [0.25, 0.3) is 0 Å². The summed E-state index contributed by atoms with van der Waals surface area (Å²) in [5.41, 5.74) is 4.39. The highest BCUT2D eigenvalue weighted by molar-refractivity contribution is 6.30. The van der Waals surface area contributed by atoms with Crippen LogP contribution in [-0.2, 0) is 11.2 Å². The number of nitrogens with one attached hydrogen (secondary N) is 2. The third kappa shape index (κ3) is 3.02. The van der Waals surface area contributed by atoms with E-state index in [0.717, 1.165) is 29.8 Å². The van der Waals surface area contributed by atoms with Crippen molar-refractivity contribution in [3.8, 4) is 0 Å². The fraction of sp³-hybridized carbons (Fsp3) is 0.364. The van der Waals surface area contributed by atoms with Crippen molar-refractivity contribution < 1.29 is 9.59 Å². The van der Waals surface area contributed by atoms with E-state index in [4.69, 9.17) is 11.6 Å². The molecule has 0 radical (unpaired) electrons. The highest BCUT2D eigenvalue weighted by Gasteiger charge is 2.56. The van der Waals surface area contributed by atoms with Crippen LogP contribution in [0.4, 0.5) is 0 Å². The van der Waals surface area contributed by atoms with Crippen molar-refractivity contribution in [1.29, 1.82) is 0 Å². The van der Waals surface area contributed by atoms with Crippen molar-refractivity contribution in [2.75, 3.05) is 0 Å². The number of carbonyl (C=O) groups is 2. The first kappa shape index (κ1) is 16.8. The molecule has 5 heteroatoms. The summed E-state index contributed by atoms with van der Waals surface area (Å²) in [5.74, 6) is 1.01. The molecule has 4 unspecified atom stereocenters. The second kappa shape index (κ2) is 6.38. The van der Waals surface area contributed by atoms with Crippen LogP contribution >= 0.6 is 11.6 Å². The average Bonchev–Trinajstić information content (AvgIpc) is 3.18. The zero-order chi connectivity index (χ0) is 18.5. The lowest BCUT2D eigenvalue weighted by Gasteiger charge is -2.23. The standard InChI is InChI=1S/C22H21ClN2O2/c23-15-8-9-16-14(10-15)11-17-20(16)21(17)25-22(27)13-6-4-12(5-7-13)18-2-1-3-19(26)24-18/h4-10,17-18,20-21H,1-3,11H2,(H,24,26)(H,25,27). The van der Waals surface area contributed by atoms with Gasteiger partial charge in [-0.1, -0.05) is 29.8 Å². The first-order valence-electron chi connectivity index (χ1n) is 9.58. The predicted octanol–water partition coefficient (Wildman–Crippen LogP) is 3.75. The Morgan fingerprint density at radius 1 is 1.15 bits per heavy atom. The summed E-state index contributed by atoms with van der Waals surface area (Å²) in [6.45, 7) is 0. The maximum absolute atomic E-state index is 12.6. The molecule has 0 aromatic heterocycles. The summed E-state index contributed by atoms with van der Waals surface area (Å²) < 4.78 is 0. The van der Waals surface area contributed by atoms with Crippen LogP contribution in [0.5, 0.6) is 0 Å². The van der Waals surface area contributed by atoms with E-state index in [9.17, 15) is 9.59 Å². The van der Waals surface area contributed by atoms with E-state index in [1.807, 2.05) is 36.4 Å². The van der Waals surface area contributed by atoms with Crippen LogP contribution in [0.1, 0.15) is 58.3 Å². The first-order valence-corrected chi connectivity index (χ1v) is 9.96. The van der Waals surface area contributed by atoms with E-state index in [2.05, 4.69) is 16.7 Å². The molecule has 1 saturated heterocycles. The van der Waals surface area contributed by atoms with Crippen molar-refractivity contribution in [1.82, 2.24) is 10.6 Å². The summed E-state index contributed by atoms with van der Waals surface area (Å²) in [4.78, 5) is 24.2. The molecule has 0 bridgehead atoms. The molecule has 2 amide bonds. The van der Waals surface area contributed by atoms with Gasteiger partial charge in [-0.25, -0.2) is 0 Å². The maximum atomic E-state index is 12.6. The Kier molecular flexibility index (Phi) is 3.97. The molecule has 1 heterocycles. The molecule has 4 nitrogen and oxygen atoms in total. The zero-order valence-corrected chi connectivity index (χ0v) is 15.6. The van der Waals surface area contributed by atoms with E-state index in [1.54, 1.807) is 0 Å². The van der Waals surface area contributed by atoms with Crippen LogP contribution in [0, 0.1) is 5.92 Å². The van der Waals surface area contributed by atoms with Crippen molar-refractivity contribution in [2.24, 2.45) is 5.92 Å². The Morgan fingerprint density at radius 2 is 1.96 bits per heavy atom. The van der Waals surface area contributed by atoms with E-state index >= 15 is 0 Å². The molecule has 0 spiro atoms. The van der Waals surface area contributed by atoms with Gasteiger partial charge in [0, 0.05) is 29.0 Å². The van der Waals surface area contributed by atoms with Crippen LogP contribution < -0.4 is 10.6 Å². The lowest BCUT2D eigenvalue weighted by Crippen LogP contribution is -2.32. The van der Waals surface area contributed by atoms with Gasteiger partial charge in [0.2, 0.25) is 5.91 Å². The Bertz CT molecular complexity index is 924. The summed E-state index contributed by atoms with van der Waals surface area (Å²) in [5, 5.41) is 6.99. The highest BCUT2D eigenvalue weighted by Crippen LogP contribution is 2.56. The van der Waals surface area contributed by atoms with Crippen LogP contribution in [0.15, 0.2) is 42.5 Å². The highest BCUT2D eigenvalue weighted by atomic mass is 35.5. The molecule has 2 aliphatic carbocycles. The van der Waals surface area contributed by atoms with Gasteiger partial charge in [0.05, 0.1) is 6.04 Å². The number of halogens is 1. The molecular weight excluding hydrogens is 360 g/mol. The summed E-state index contributed by atoms with van der Waals surface area (Å²) in [6.07, 6.45) is 3.46. The van der Waals surface area contributed by atoms with E-state index in [1.165, 1.54) is 11.1 Å². The monoisotopic (exact) mass is 380 g/mol. The first-order chi connectivity index (χ1) is 13.1. The van der Waals surface area contributed by atoms with E-state index in [-0.39, 0.29) is 23.9 Å². The lowest BCUT2D eigenvalue weighted by molar-refractivity contribution is -0.123. The normalized spacial score (nSPS) is 28.1. The second-order valence-corrected chi connectivity index (χ2v) is 8.31. The topological polar surface area (TPSA) is 58.2 Å². The fourth-order valence-corrected chi connectivity index (χ4v) is 4.93. The predicted molar refractivity (Wildman–Crippen MR) is 104 cm³/mol. The number of fused-ring (bicyclic) bond motifs is 3. The summed E-state index contributed by atoms with van der Waals surface area (Å²) in [7, 11) is 0. The quantitative estimate of drug-likeness (QED) is 0.852. The van der Waals surface area contributed by atoms with Crippen molar-refractivity contribution in [3.63, 3.8) is 0 Å². The number of amides is 2. The molecule has 27 heavy (non-hydrogen) atoms. The molecule has 3 aliphatic rings. The van der Waals surface area contributed by atoms with Gasteiger partial charge in [-0.2, -0.15) is 0 Å². The van der Waals surface area contributed by atoms with Crippen molar-refractivity contribution in [2.45, 2.75) is 43.7 Å². The third-order valence-corrected chi connectivity index (χ3v) is 6.43. The van der Waals surface area contributed by atoms with Gasteiger partial charge < -0.3 is 10.6 Å². The number of piperidine rings is 1. The van der Waals surface area contributed by atoms with Crippen LogP contribution in [0.3, 0.4) is 0 Å². The molecule has 2 N–H and O–H groups in total. The Morgan fingerprint density at radius 3 is 2.74 bits per heavy atom. The third-order valence-electron chi connectivity index (χ3n) is 6.19. The van der Waals surface area contributed by atoms with Crippen LogP contribution in [-0.4, -0.2) is 17.9 Å². The molecule has 1 aliphatic heterocycles. The Hall–Kier alpha value is -2.33. The maximum Gasteiger partial charge on any atom is 0.251 e. The fourth-order valence-electron chi connectivity index (χ4n) is 4.74. The van der Waals surface area contributed by atoms with Gasteiger partial charge >= 0.3 is 0 Å². The van der Waals surface area contributed by atoms with Gasteiger partial charge in [0.25, 0.3) is 5.91 Å². The van der Waals surface area contributed by atoms with E-state index in [0.29, 0.717) is 23.8 Å². The molecule has 5 rings (SSSR count). The Labute approximate surface area is 163 Å². The van der Waals surface area contributed by atoms with Gasteiger partial charge in [-0.05, 0) is 66.1 Å². The molecule has 2 aromatic rings. The molecule has 2 aromatic carbocycles. The molecular formula is C22H21ClN2O2. The minimum absolute atomic E-state index is 0.0239. The Balaban J connectivity index is 1.24. The van der Waals surface area contributed by atoms with Gasteiger partial charge in [0.15, 0.2) is 0 Å². The molecule has 2 fully saturated rings. The SMILES string of the molecule is O=C1CCCC(c2ccc(C(=O)NC3C4Cc5cc(Cl)ccc5C43)cc2)N1. The second-order valence-electron chi connectivity index (χ2n) is 7.87. The largest absolute Gasteiger partial charge is 0.349 e. The summed E-state index contributed by atoms with van der Waals surface area (Å²) >= 11 is 6.07. The number of rotatable bonds is 3. The molecule has 1 saturated carbocycles. The zero-order valence-electron chi connectivity index (χ0n) is 14.9.